The molecule has 6 rings (SSSR count). The molecule has 4 aromatic carbocycles. The van der Waals surface area contributed by atoms with Crippen LogP contribution in [0.4, 0.5) is 22.0 Å². The van der Waals surface area contributed by atoms with Crippen LogP contribution in [0.3, 0.4) is 0 Å². The van der Waals surface area contributed by atoms with Crippen molar-refractivity contribution in [1.29, 1.82) is 0 Å². The summed E-state index contributed by atoms with van der Waals surface area (Å²) in [4.78, 5) is 28.4. The maximum absolute atomic E-state index is 16.0. The van der Waals surface area contributed by atoms with E-state index in [9.17, 15) is 32.0 Å². The molecule has 0 unspecified atom stereocenters. The van der Waals surface area contributed by atoms with Crippen molar-refractivity contribution in [2.45, 2.75) is 55.7 Å². The third-order valence-electron chi connectivity index (χ3n) is 6.91. The first kappa shape index (κ1) is 15.3. The molecule has 0 atom stereocenters. The number of hydrogen-bond donors (Lipinski definition) is 0. The molecule has 0 spiro atoms. The number of nitrogens with zero attached hydrogens (tertiary/aromatic N) is 3. The number of amides is 1. The average Bonchev–Trinajstić information content (AvgIpc) is 0.820. The summed E-state index contributed by atoms with van der Waals surface area (Å²) in [7, 11) is -3.58. The van der Waals surface area contributed by atoms with Crippen LogP contribution in [0.15, 0.2) is 100 Å². The number of benzene rings is 4. The first-order valence-electron chi connectivity index (χ1n) is 30.0. The number of carbonyl (C=O) groups excluding carboxylic acids is 1. The second kappa shape index (κ2) is 16.7. The number of hydrogen-bond acceptors (Lipinski definition) is 5. The van der Waals surface area contributed by atoms with Crippen molar-refractivity contribution in [3.8, 4) is 11.1 Å². The van der Waals surface area contributed by atoms with E-state index in [1.165, 1.54) is 0 Å². The van der Waals surface area contributed by atoms with Gasteiger partial charge in [0.2, 0.25) is 5.91 Å². The standard InChI is InChI=1S/C41H40F5N3O3S/c1-27-22-29(28-12-14-32(15-13-28)41(44,45)46)10-11-30(27)24-48(33-16-18-47(19-17-33)20-21-52-2)38(51)25-49-36-9-4-3-7-34(36)37(50)23-39(49)53-26-31-6-5-8-35(42)40(31)43/h3-15,22-23,33H,16-21,24-26H2,1-2H3/i2D3,3D,4D,5D,6D,7D,8D,9D,10D,11D,12D,13D,14D,15D,16D2,17D2,18D2,19D2,20D2,22D,23D,25D2,33D. The largest absolute Gasteiger partial charge is 0.416 e. The fraction of sp³-hybridized carbons (Fsp3) is 0.317. The monoisotopic (exact) mass is 780 g/mol. The number of aromatic nitrogens is 1. The lowest BCUT2D eigenvalue weighted by Gasteiger charge is -2.39. The Morgan fingerprint density at radius 2 is 1.75 bits per heavy atom. The molecule has 5 aromatic rings. The minimum atomic E-state index is -5.54. The van der Waals surface area contributed by atoms with E-state index in [2.05, 4.69) is 4.74 Å². The van der Waals surface area contributed by atoms with Gasteiger partial charge >= 0.3 is 6.18 Å². The third kappa shape index (κ3) is 9.00. The van der Waals surface area contributed by atoms with Crippen LogP contribution < -0.4 is 5.43 Å². The summed E-state index contributed by atoms with van der Waals surface area (Å²) in [5, 5.41) is -2.78. The highest BCUT2D eigenvalue weighted by molar-refractivity contribution is 7.98. The Morgan fingerprint density at radius 3 is 2.49 bits per heavy atom. The number of alkyl halides is 3. The molecule has 0 saturated carbocycles. The van der Waals surface area contributed by atoms with E-state index in [0.717, 1.165) is 6.92 Å². The van der Waals surface area contributed by atoms with E-state index in [1.54, 1.807) is 0 Å². The first-order chi connectivity index (χ1) is 37.7. The maximum Gasteiger partial charge on any atom is 0.416 e. The minimum absolute atomic E-state index is 0.224. The van der Waals surface area contributed by atoms with E-state index in [-0.39, 0.29) is 16.3 Å². The second-order valence-corrected chi connectivity index (χ2v) is 11.3. The SMILES string of the molecule is [2H]c1c([2H])c(F)c(F)c(CSc2c([2H])c(=O)c3c([2H])c([2H])c([2H])c([2H])c3n2C([2H])([2H])C(=O)N(Cc2c([2H])c([2H])c(-c3c([2H])c([2H])c(C(F)(F)F)c([2H])c3[2H])c([2H])c2C)C2([2H])C([2H])([2H])C([2H])([2H])N(C([2H])([2H])COC([2H])([2H])[2H])C([2H])([2H])C2([2H])[2H])c1[2H]. The lowest BCUT2D eigenvalue weighted by Crippen LogP contribution is -2.48. The summed E-state index contributed by atoms with van der Waals surface area (Å²) in [5.41, 5.74) is -11.0. The summed E-state index contributed by atoms with van der Waals surface area (Å²) in [5.74, 6) is -8.16. The highest BCUT2D eigenvalue weighted by Gasteiger charge is 2.31. The van der Waals surface area contributed by atoms with Crippen molar-refractivity contribution in [2.75, 3.05) is 33.1 Å². The molecule has 1 amide bonds. The highest BCUT2D eigenvalue weighted by atomic mass is 32.2. The van der Waals surface area contributed by atoms with Crippen LogP contribution >= 0.6 is 11.8 Å². The van der Waals surface area contributed by atoms with Gasteiger partial charge < -0.3 is 19.1 Å². The molecule has 1 fully saturated rings. The fourth-order valence-electron chi connectivity index (χ4n) is 4.35. The van der Waals surface area contributed by atoms with Gasteiger partial charge in [-0.3, -0.25) is 9.59 Å². The molecule has 278 valence electrons. The Morgan fingerprint density at radius 1 is 1.02 bits per heavy atom. The molecule has 0 bridgehead atoms. The molecule has 1 aromatic heterocycles. The lowest BCUT2D eigenvalue weighted by atomic mass is 9.97. The molecule has 2 heterocycles. The van der Waals surface area contributed by atoms with Crippen molar-refractivity contribution in [3.63, 3.8) is 0 Å². The number of likely N-dealkylation sites (tertiary alicyclic amines) is 1. The van der Waals surface area contributed by atoms with Crippen LogP contribution in [0.5, 0.6) is 0 Å². The van der Waals surface area contributed by atoms with Crippen molar-refractivity contribution in [1.82, 2.24) is 14.4 Å². The number of fused-ring (bicyclic) bond motifs is 1. The van der Waals surface area contributed by atoms with Gasteiger partial charge in [-0.05, 0) is 72.1 Å². The molecule has 0 aliphatic carbocycles. The van der Waals surface area contributed by atoms with Crippen LogP contribution in [0.1, 0.15) is 77.5 Å². The number of ether oxygens (including phenoxy) is 1. The summed E-state index contributed by atoms with van der Waals surface area (Å²) in [6, 6.07) is -26.9. The van der Waals surface area contributed by atoms with Crippen molar-refractivity contribution < 1.29 is 74.0 Å². The predicted molar refractivity (Wildman–Crippen MR) is 198 cm³/mol. The van der Waals surface area contributed by atoms with Crippen molar-refractivity contribution >= 4 is 28.6 Å². The number of thioether (sulfide) groups is 1. The molecule has 1 aliphatic rings. The normalized spacial score (nSPS) is 27.8. The Balaban J connectivity index is 1.80. The summed E-state index contributed by atoms with van der Waals surface area (Å²) < 4.78 is 346. The van der Waals surface area contributed by atoms with Gasteiger partial charge in [0.05, 0.1) is 51.5 Å². The van der Waals surface area contributed by atoms with E-state index in [4.69, 9.17) is 32.9 Å². The van der Waals surface area contributed by atoms with Crippen LogP contribution in [-0.2, 0) is 34.5 Å². The molecule has 53 heavy (non-hydrogen) atoms. The van der Waals surface area contributed by atoms with Crippen LogP contribution in [-0.4, -0.2) is 59.4 Å². The molecular formula is C41H40F5N3O3S. The molecule has 0 N–H and O–H groups in total. The van der Waals surface area contributed by atoms with Crippen LogP contribution in [0, 0.1) is 18.6 Å². The van der Waals surface area contributed by atoms with Gasteiger partial charge in [0.25, 0.3) is 0 Å². The van der Waals surface area contributed by atoms with Gasteiger partial charge in [-0.2, -0.15) is 13.2 Å². The second-order valence-electron chi connectivity index (χ2n) is 10.3. The third-order valence-corrected chi connectivity index (χ3v) is 7.90. The topological polar surface area (TPSA) is 54.8 Å². The van der Waals surface area contributed by atoms with Gasteiger partial charge in [0.15, 0.2) is 17.1 Å². The zero-order valence-electron chi connectivity index (χ0n) is 57.5. The van der Waals surface area contributed by atoms with Crippen LogP contribution in [0.2, 0.25) is 0 Å². The van der Waals surface area contributed by atoms with Gasteiger partial charge in [0, 0.05) is 75.5 Å². The minimum Gasteiger partial charge on any atom is -0.383 e. The number of carbonyl (C=O) groups is 1. The zero-order chi connectivity index (χ0) is 64.9. The number of para-hydroxylation sites is 1. The van der Waals surface area contributed by atoms with E-state index >= 15 is 9.18 Å². The zero-order valence-corrected chi connectivity index (χ0v) is 27.3. The Bertz CT molecular complexity index is 3570. The van der Waals surface area contributed by atoms with Gasteiger partial charge in [-0.25, -0.2) is 8.78 Å². The molecule has 1 aliphatic heterocycles. The van der Waals surface area contributed by atoms with E-state index in [0.29, 0.717) is 0 Å². The van der Waals surface area contributed by atoms with Gasteiger partial charge in [-0.15, -0.1) is 11.8 Å². The predicted octanol–water partition coefficient (Wildman–Crippen LogP) is 8.71. The van der Waals surface area contributed by atoms with Crippen molar-refractivity contribution in [2.24, 2.45) is 0 Å². The lowest BCUT2D eigenvalue weighted by molar-refractivity contribution is -0.137. The number of halogens is 5. The Hall–Kier alpha value is -4.52. The molecule has 6 nitrogen and oxygen atoms in total. The first-order valence-corrected chi connectivity index (χ1v) is 15.5. The maximum atomic E-state index is 16.0. The smallest absolute Gasteiger partial charge is 0.383 e. The summed E-state index contributed by atoms with van der Waals surface area (Å²) in [6.45, 7) is -21.4. The Kier molecular flexibility index (Phi) is 4.81. The number of pyridine rings is 1. The van der Waals surface area contributed by atoms with Crippen molar-refractivity contribution in [3.05, 3.63) is 135 Å². The van der Waals surface area contributed by atoms with Crippen LogP contribution in [0.25, 0.3) is 22.0 Å². The number of methoxy groups -OCH3 is 1. The number of rotatable bonds is 12. The summed E-state index contributed by atoms with van der Waals surface area (Å²) in [6.07, 6.45) is -15.3. The van der Waals surface area contributed by atoms with Gasteiger partial charge in [0.1, 0.15) is 6.50 Å². The molecule has 12 heteroatoms. The highest BCUT2D eigenvalue weighted by Crippen LogP contribution is 2.32. The molecule has 0 radical (unpaired) electrons. The quantitative estimate of drug-likeness (QED) is 0.0938. The average molecular weight is 781 g/mol. The Labute approximate surface area is 352 Å². The van der Waals surface area contributed by atoms with E-state index < -0.39 is 250 Å². The number of piperidine rings is 1. The van der Waals surface area contributed by atoms with Gasteiger partial charge in [-0.1, -0.05) is 54.4 Å². The fourth-order valence-corrected chi connectivity index (χ4v) is 5.26. The molecular weight excluding hydrogens is 710 g/mol. The van der Waals surface area contributed by atoms with E-state index in [1.807, 2.05) is 0 Å². The molecule has 1 saturated heterocycles. The summed E-state index contributed by atoms with van der Waals surface area (Å²) >= 11 is -0.224.